The normalized spacial score (nSPS) is 39.3. The van der Waals surface area contributed by atoms with Crippen LogP contribution in [0.2, 0.25) is 0 Å². The number of amides is 1. The summed E-state index contributed by atoms with van der Waals surface area (Å²) < 4.78 is 5.75. The molecule has 9 heteroatoms. The minimum atomic E-state index is -1.36. The highest BCUT2D eigenvalue weighted by Gasteiger charge is 2.48. The van der Waals surface area contributed by atoms with Gasteiger partial charge in [-0.05, 0) is 32.6 Å². The summed E-state index contributed by atoms with van der Waals surface area (Å²) in [5.41, 5.74) is -0.700. The molecule has 2 heterocycles. The Hall–Kier alpha value is -0.0900. The summed E-state index contributed by atoms with van der Waals surface area (Å²) in [5.74, 6) is -0.184. The number of nitrogens with one attached hydrogen (secondary N) is 2. The second-order valence-corrected chi connectivity index (χ2v) is 8.37. The average molecular weight is 397 g/mol. The summed E-state index contributed by atoms with van der Waals surface area (Å²) in [6.45, 7) is 2.50. The van der Waals surface area contributed by atoms with Gasteiger partial charge in [0.1, 0.15) is 29.9 Å². The Balaban J connectivity index is 2.09. The molecular weight excluding hydrogens is 368 g/mol. The van der Waals surface area contributed by atoms with Crippen LogP contribution in [0.5, 0.6) is 0 Å². The lowest BCUT2D eigenvalue weighted by atomic mass is 9.93. The van der Waals surface area contributed by atoms with Crippen LogP contribution in [-0.2, 0) is 9.53 Å². The molecule has 2 fully saturated rings. The molecule has 7 nitrogen and oxygen atoms in total. The monoisotopic (exact) mass is 396 g/mol. The van der Waals surface area contributed by atoms with Crippen LogP contribution in [0.25, 0.3) is 0 Å². The van der Waals surface area contributed by atoms with Gasteiger partial charge < -0.3 is 30.7 Å². The van der Waals surface area contributed by atoms with Gasteiger partial charge in [-0.15, -0.1) is 23.4 Å². The third-order valence-electron chi connectivity index (χ3n) is 4.87. The average Bonchev–Trinajstić information content (AvgIpc) is 2.87. The number of alkyl halides is 1. The SMILES string of the molecule is CSC1OC(C(NC(=O)[C@@H]2CCCCCN2)C(C)Cl)C(O)C(O)C1O. The maximum absolute atomic E-state index is 12.6. The fourth-order valence-electron chi connectivity index (χ4n) is 3.34. The van der Waals surface area contributed by atoms with Crippen molar-refractivity contribution in [1.29, 1.82) is 0 Å². The van der Waals surface area contributed by atoms with Crippen molar-refractivity contribution in [3.05, 3.63) is 0 Å². The first kappa shape index (κ1) is 21.2. The van der Waals surface area contributed by atoms with Crippen molar-refractivity contribution in [3.63, 3.8) is 0 Å². The molecule has 5 N–H and O–H groups in total. The van der Waals surface area contributed by atoms with E-state index in [0.29, 0.717) is 0 Å². The number of carbonyl (C=O) groups excluding carboxylic acids is 1. The van der Waals surface area contributed by atoms with Crippen LogP contribution in [0.3, 0.4) is 0 Å². The first-order valence-electron chi connectivity index (χ1n) is 8.77. The molecule has 0 radical (unpaired) electrons. The van der Waals surface area contributed by atoms with E-state index in [-0.39, 0.29) is 11.9 Å². The van der Waals surface area contributed by atoms with E-state index in [0.717, 1.165) is 32.2 Å². The van der Waals surface area contributed by atoms with Gasteiger partial charge in [0.05, 0.1) is 17.5 Å². The zero-order chi connectivity index (χ0) is 18.6. The van der Waals surface area contributed by atoms with Crippen molar-refractivity contribution in [1.82, 2.24) is 10.6 Å². The van der Waals surface area contributed by atoms with Crippen molar-refractivity contribution in [2.45, 2.75) is 79.9 Å². The maximum Gasteiger partial charge on any atom is 0.237 e. The summed E-state index contributed by atoms with van der Waals surface area (Å²) >= 11 is 7.49. The lowest BCUT2D eigenvalue weighted by Crippen LogP contribution is -2.65. The van der Waals surface area contributed by atoms with Crippen LogP contribution >= 0.6 is 23.4 Å². The number of hydrogen-bond acceptors (Lipinski definition) is 7. The van der Waals surface area contributed by atoms with Crippen LogP contribution in [0.15, 0.2) is 0 Å². The molecule has 0 aromatic carbocycles. The van der Waals surface area contributed by atoms with Crippen molar-refractivity contribution in [2.24, 2.45) is 0 Å². The van der Waals surface area contributed by atoms with Crippen molar-refractivity contribution < 1.29 is 24.9 Å². The molecule has 0 aromatic rings. The smallest absolute Gasteiger partial charge is 0.237 e. The highest BCUT2D eigenvalue weighted by molar-refractivity contribution is 7.99. The van der Waals surface area contributed by atoms with Crippen LogP contribution in [-0.4, -0.2) is 81.3 Å². The third kappa shape index (κ3) is 5.22. The lowest BCUT2D eigenvalue weighted by molar-refractivity contribution is -0.205. The molecular formula is C16H29ClN2O5S. The highest BCUT2D eigenvalue weighted by Crippen LogP contribution is 2.30. The number of ether oxygens (including phenoxy) is 1. The molecule has 2 aliphatic heterocycles. The minimum Gasteiger partial charge on any atom is -0.388 e. The summed E-state index contributed by atoms with van der Waals surface area (Å²) in [6.07, 6.45) is 0.798. The molecule has 2 rings (SSSR count). The second kappa shape index (κ2) is 9.73. The van der Waals surface area contributed by atoms with Gasteiger partial charge in [-0.25, -0.2) is 0 Å². The van der Waals surface area contributed by atoms with Gasteiger partial charge >= 0.3 is 0 Å². The van der Waals surface area contributed by atoms with Crippen molar-refractivity contribution in [2.75, 3.05) is 12.8 Å². The highest BCUT2D eigenvalue weighted by atomic mass is 35.5. The predicted molar refractivity (Wildman–Crippen MR) is 97.7 cm³/mol. The standard InChI is InChI=1S/C16H29ClN2O5S/c1-8(17)10(19-15(23)9-6-4-3-5-7-18-9)14-12(21)11(20)13(22)16(24-14)25-2/h8-14,16,18,20-22H,3-7H2,1-2H3,(H,19,23)/t8?,9-,10?,11?,12?,13?,14?,16?/m0/s1. The van der Waals surface area contributed by atoms with Crippen LogP contribution in [0.1, 0.15) is 32.6 Å². The van der Waals surface area contributed by atoms with Gasteiger partial charge in [0.15, 0.2) is 0 Å². The van der Waals surface area contributed by atoms with E-state index in [1.165, 1.54) is 11.8 Å². The van der Waals surface area contributed by atoms with Gasteiger partial charge in [-0.3, -0.25) is 4.79 Å². The van der Waals surface area contributed by atoms with E-state index in [4.69, 9.17) is 16.3 Å². The number of carbonyl (C=O) groups is 1. The van der Waals surface area contributed by atoms with Crippen molar-refractivity contribution >= 4 is 29.3 Å². The molecule has 2 saturated heterocycles. The maximum atomic E-state index is 12.6. The van der Waals surface area contributed by atoms with Crippen LogP contribution in [0.4, 0.5) is 0 Å². The summed E-state index contributed by atoms with van der Waals surface area (Å²) in [4.78, 5) is 12.6. The van der Waals surface area contributed by atoms with Gasteiger partial charge in [0.25, 0.3) is 0 Å². The first-order chi connectivity index (χ1) is 11.9. The number of aliphatic hydroxyl groups is 3. The lowest BCUT2D eigenvalue weighted by Gasteiger charge is -2.44. The Morgan fingerprint density at radius 3 is 2.60 bits per heavy atom. The molecule has 0 spiro atoms. The number of hydrogen-bond donors (Lipinski definition) is 5. The van der Waals surface area contributed by atoms with Crippen molar-refractivity contribution in [3.8, 4) is 0 Å². The number of aliphatic hydroxyl groups excluding tert-OH is 3. The minimum absolute atomic E-state index is 0.184. The largest absolute Gasteiger partial charge is 0.388 e. The Labute approximate surface area is 157 Å². The van der Waals surface area contributed by atoms with Gasteiger partial charge in [-0.2, -0.15) is 0 Å². The third-order valence-corrected chi connectivity index (χ3v) is 6.00. The van der Waals surface area contributed by atoms with E-state index in [1.54, 1.807) is 13.2 Å². The quantitative estimate of drug-likeness (QED) is 0.409. The summed E-state index contributed by atoms with van der Waals surface area (Å²) in [6, 6.07) is -0.987. The Kier molecular flexibility index (Phi) is 8.26. The van der Waals surface area contributed by atoms with E-state index >= 15 is 0 Å². The van der Waals surface area contributed by atoms with Gasteiger partial charge in [0.2, 0.25) is 5.91 Å². The number of halogens is 1. The molecule has 146 valence electrons. The molecule has 8 atom stereocenters. The number of thioether (sulfide) groups is 1. The Morgan fingerprint density at radius 2 is 1.96 bits per heavy atom. The Bertz CT molecular complexity index is 435. The van der Waals surface area contributed by atoms with Gasteiger partial charge in [-0.1, -0.05) is 12.8 Å². The molecule has 0 bridgehead atoms. The van der Waals surface area contributed by atoms with Crippen LogP contribution in [0, 0.1) is 0 Å². The van der Waals surface area contributed by atoms with Gasteiger partial charge in [0, 0.05) is 0 Å². The van der Waals surface area contributed by atoms with E-state index in [1.807, 2.05) is 0 Å². The molecule has 2 aliphatic rings. The fourth-order valence-corrected chi connectivity index (χ4v) is 4.23. The number of rotatable bonds is 5. The van der Waals surface area contributed by atoms with E-state index in [9.17, 15) is 20.1 Å². The fraction of sp³-hybridized carbons (Fsp3) is 0.938. The summed E-state index contributed by atoms with van der Waals surface area (Å²) in [5, 5.41) is 36.0. The molecule has 7 unspecified atom stereocenters. The second-order valence-electron chi connectivity index (χ2n) is 6.74. The summed E-state index contributed by atoms with van der Waals surface area (Å²) in [7, 11) is 0. The molecule has 25 heavy (non-hydrogen) atoms. The topological polar surface area (TPSA) is 111 Å². The molecule has 0 aliphatic carbocycles. The predicted octanol–water partition coefficient (Wildman–Crippen LogP) is -0.199. The van der Waals surface area contributed by atoms with Crippen LogP contribution < -0.4 is 10.6 Å². The molecule has 0 saturated carbocycles. The first-order valence-corrected chi connectivity index (χ1v) is 10.5. The zero-order valence-corrected chi connectivity index (χ0v) is 16.2. The molecule has 0 aromatic heterocycles. The molecule has 1 amide bonds. The Morgan fingerprint density at radius 1 is 1.24 bits per heavy atom. The zero-order valence-electron chi connectivity index (χ0n) is 14.6. The van der Waals surface area contributed by atoms with E-state index < -0.39 is 41.3 Å². The van der Waals surface area contributed by atoms with E-state index in [2.05, 4.69) is 10.6 Å².